The van der Waals surface area contributed by atoms with Crippen molar-refractivity contribution >= 4 is 23.5 Å². The van der Waals surface area contributed by atoms with Gasteiger partial charge >= 0.3 is 5.97 Å². The zero-order valence-electron chi connectivity index (χ0n) is 10.3. The lowest BCUT2D eigenvalue weighted by atomic mass is 10.1. The highest BCUT2D eigenvalue weighted by molar-refractivity contribution is 6.33. The van der Waals surface area contributed by atoms with Crippen LogP contribution >= 0.6 is 11.6 Å². The van der Waals surface area contributed by atoms with Gasteiger partial charge in [0.2, 0.25) is 0 Å². The number of carbonyl (C=O) groups is 2. The molecule has 18 heavy (non-hydrogen) atoms. The minimum absolute atomic E-state index is 0.149. The molecule has 0 aliphatic carbocycles. The van der Waals surface area contributed by atoms with Crippen LogP contribution < -0.4 is 0 Å². The first kappa shape index (κ1) is 14.4. The topological polar surface area (TPSA) is 70.5 Å². The maximum Gasteiger partial charge on any atom is 0.308 e. The second kappa shape index (κ2) is 6.35. The number of pyridine rings is 1. The van der Waals surface area contributed by atoms with Gasteiger partial charge in [-0.05, 0) is 13.0 Å². The van der Waals surface area contributed by atoms with E-state index in [2.05, 4.69) is 4.98 Å². The Labute approximate surface area is 110 Å². The number of rotatable bonds is 5. The molecule has 1 N–H and O–H groups in total. The van der Waals surface area contributed by atoms with Crippen molar-refractivity contribution < 1.29 is 14.7 Å². The number of aliphatic carboxylic acids is 1. The fourth-order valence-electron chi connectivity index (χ4n) is 1.47. The summed E-state index contributed by atoms with van der Waals surface area (Å²) in [4.78, 5) is 28.3. The summed E-state index contributed by atoms with van der Waals surface area (Å²) < 4.78 is 0. The van der Waals surface area contributed by atoms with Crippen LogP contribution in [-0.2, 0) is 4.79 Å². The average molecular weight is 271 g/mol. The Balaban J connectivity index is 2.86. The quantitative estimate of drug-likeness (QED) is 0.887. The molecule has 0 fully saturated rings. The van der Waals surface area contributed by atoms with Crippen LogP contribution in [0.15, 0.2) is 18.5 Å². The van der Waals surface area contributed by atoms with E-state index in [1.54, 1.807) is 13.8 Å². The molecule has 1 aromatic rings. The van der Waals surface area contributed by atoms with E-state index in [-0.39, 0.29) is 12.5 Å². The van der Waals surface area contributed by atoms with Gasteiger partial charge in [0.15, 0.2) is 0 Å². The van der Waals surface area contributed by atoms with Crippen LogP contribution in [-0.4, -0.2) is 40.0 Å². The minimum atomic E-state index is -0.932. The van der Waals surface area contributed by atoms with Crippen LogP contribution in [0.5, 0.6) is 0 Å². The van der Waals surface area contributed by atoms with Gasteiger partial charge in [-0.3, -0.25) is 14.6 Å². The molecule has 5 nitrogen and oxygen atoms in total. The molecule has 1 rings (SSSR count). The number of hydrogen-bond donors (Lipinski definition) is 1. The van der Waals surface area contributed by atoms with Gasteiger partial charge in [0.05, 0.1) is 16.5 Å². The Morgan fingerprint density at radius 3 is 2.72 bits per heavy atom. The molecule has 98 valence electrons. The van der Waals surface area contributed by atoms with Gasteiger partial charge in [-0.15, -0.1) is 0 Å². The Kier molecular flexibility index (Phi) is 5.09. The summed E-state index contributed by atoms with van der Waals surface area (Å²) in [6, 6.07) is 1.53. The molecule has 0 aromatic carbocycles. The molecule has 1 aromatic heterocycles. The lowest BCUT2D eigenvalue weighted by Crippen LogP contribution is -2.36. The molecule has 1 unspecified atom stereocenters. The molecule has 1 atom stereocenters. The zero-order chi connectivity index (χ0) is 13.7. The molecule has 6 heteroatoms. The summed E-state index contributed by atoms with van der Waals surface area (Å²) in [7, 11) is 0. The Hall–Kier alpha value is -1.62. The highest BCUT2D eigenvalue weighted by Crippen LogP contribution is 2.16. The Morgan fingerprint density at radius 2 is 2.22 bits per heavy atom. The Bertz CT molecular complexity index is 451. The number of aromatic nitrogens is 1. The third-order valence-corrected chi connectivity index (χ3v) is 2.91. The molecule has 0 bridgehead atoms. The molecule has 0 spiro atoms. The molecule has 1 heterocycles. The molecule has 0 aliphatic rings. The summed E-state index contributed by atoms with van der Waals surface area (Å²) in [5.41, 5.74) is 0.290. The first-order chi connectivity index (χ1) is 8.47. The van der Waals surface area contributed by atoms with Gasteiger partial charge in [-0.2, -0.15) is 0 Å². The van der Waals surface area contributed by atoms with Crippen LogP contribution in [0.1, 0.15) is 24.2 Å². The first-order valence-corrected chi connectivity index (χ1v) is 5.96. The monoisotopic (exact) mass is 270 g/mol. The fraction of sp³-hybridized carbons (Fsp3) is 0.417. The number of halogens is 1. The minimum Gasteiger partial charge on any atom is -0.481 e. The van der Waals surface area contributed by atoms with Crippen LogP contribution in [0.25, 0.3) is 0 Å². The first-order valence-electron chi connectivity index (χ1n) is 5.59. The summed E-state index contributed by atoms with van der Waals surface area (Å²) >= 11 is 5.92. The van der Waals surface area contributed by atoms with E-state index in [0.717, 1.165) is 0 Å². The van der Waals surface area contributed by atoms with Crippen molar-refractivity contribution in [2.45, 2.75) is 13.8 Å². The third-order valence-electron chi connectivity index (χ3n) is 2.58. The number of amides is 1. The highest BCUT2D eigenvalue weighted by atomic mass is 35.5. The second-order valence-corrected chi connectivity index (χ2v) is 4.35. The summed E-state index contributed by atoms with van der Waals surface area (Å²) in [6.07, 6.45) is 2.88. The van der Waals surface area contributed by atoms with E-state index in [4.69, 9.17) is 16.7 Å². The van der Waals surface area contributed by atoms with Gasteiger partial charge in [0, 0.05) is 25.5 Å². The van der Waals surface area contributed by atoms with Crippen molar-refractivity contribution in [3.05, 3.63) is 29.0 Å². The standard InChI is InChI=1S/C12H15ClN2O3/c1-3-15(7-8(2)12(17)18)11(16)9-6-14-5-4-10(9)13/h4-6,8H,3,7H2,1-2H3,(H,17,18). The number of nitrogens with zero attached hydrogens (tertiary/aromatic N) is 2. The third kappa shape index (κ3) is 3.43. The molecule has 0 radical (unpaired) electrons. The predicted molar refractivity (Wildman–Crippen MR) is 67.6 cm³/mol. The van der Waals surface area contributed by atoms with Crippen molar-refractivity contribution in [1.29, 1.82) is 0 Å². The lowest BCUT2D eigenvalue weighted by Gasteiger charge is -2.23. The van der Waals surface area contributed by atoms with E-state index in [0.29, 0.717) is 17.1 Å². The number of hydrogen-bond acceptors (Lipinski definition) is 3. The normalized spacial score (nSPS) is 11.9. The van der Waals surface area contributed by atoms with E-state index in [1.807, 2.05) is 0 Å². The van der Waals surface area contributed by atoms with Crippen LogP contribution in [0.4, 0.5) is 0 Å². The summed E-state index contributed by atoms with van der Waals surface area (Å²) in [5.74, 6) is -1.86. The van der Waals surface area contributed by atoms with Crippen LogP contribution in [0.2, 0.25) is 5.02 Å². The van der Waals surface area contributed by atoms with E-state index < -0.39 is 11.9 Å². The van der Waals surface area contributed by atoms with Gasteiger partial charge in [-0.25, -0.2) is 0 Å². The van der Waals surface area contributed by atoms with E-state index >= 15 is 0 Å². The van der Waals surface area contributed by atoms with Crippen molar-refractivity contribution in [2.24, 2.45) is 5.92 Å². The van der Waals surface area contributed by atoms with Gasteiger partial charge in [-0.1, -0.05) is 18.5 Å². The van der Waals surface area contributed by atoms with E-state index in [9.17, 15) is 9.59 Å². The largest absolute Gasteiger partial charge is 0.481 e. The average Bonchev–Trinajstić information content (AvgIpc) is 2.35. The maximum absolute atomic E-state index is 12.2. The SMILES string of the molecule is CCN(CC(C)C(=O)O)C(=O)c1cnccc1Cl. The van der Waals surface area contributed by atoms with Crippen molar-refractivity contribution in [3.8, 4) is 0 Å². The predicted octanol–water partition coefficient (Wildman–Crippen LogP) is 1.92. The van der Waals surface area contributed by atoms with E-state index in [1.165, 1.54) is 23.4 Å². The van der Waals surface area contributed by atoms with Crippen LogP contribution in [0.3, 0.4) is 0 Å². The Morgan fingerprint density at radius 1 is 1.56 bits per heavy atom. The van der Waals surface area contributed by atoms with Crippen molar-refractivity contribution in [3.63, 3.8) is 0 Å². The molecule has 0 aliphatic heterocycles. The van der Waals surface area contributed by atoms with Gasteiger partial charge < -0.3 is 10.0 Å². The smallest absolute Gasteiger partial charge is 0.308 e. The number of carbonyl (C=O) groups excluding carboxylic acids is 1. The highest BCUT2D eigenvalue weighted by Gasteiger charge is 2.21. The van der Waals surface area contributed by atoms with Gasteiger partial charge in [0.25, 0.3) is 5.91 Å². The maximum atomic E-state index is 12.2. The summed E-state index contributed by atoms with van der Waals surface area (Å²) in [6.45, 7) is 3.91. The lowest BCUT2D eigenvalue weighted by molar-refractivity contribution is -0.141. The zero-order valence-corrected chi connectivity index (χ0v) is 11.0. The molecule has 0 saturated carbocycles. The summed E-state index contributed by atoms with van der Waals surface area (Å²) in [5, 5.41) is 9.17. The number of carboxylic acid groups (broad SMARTS) is 1. The second-order valence-electron chi connectivity index (χ2n) is 3.94. The molecule has 1 amide bonds. The molecular formula is C12H15ClN2O3. The molecular weight excluding hydrogens is 256 g/mol. The van der Waals surface area contributed by atoms with Crippen LogP contribution in [0, 0.1) is 5.92 Å². The van der Waals surface area contributed by atoms with Crippen molar-refractivity contribution in [2.75, 3.05) is 13.1 Å². The number of carboxylic acids is 1. The fourth-order valence-corrected chi connectivity index (χ4v) is 1.66. The van der Waals surface area contributed by atoms with Gasteiger partial charge in [0.1, 0.15) is 0 Å². The van der Waals surface area contributed by atoms with Crippen molar-refractivity contribution in [1.82, 2.24) is 9.88 Å². The molecule has 0 saturated heterocycles.